The topological polar surface area (TPSA) is 88.4 Å². The van der Waals surface area contributed by atoms with E-state index in [0.717, 1.165) is 23.2 Å². The molecule has 2 aromatic carbocycles. The highest BCUT2D eigenvalue weighted by Gasteiger charge is 2.33. The minimum atomic E-state index is -1.08. The van der Waals surface area contributed by atoms with Gasteiger partial charge in [-0.05, 0) is 83.9 Å². The summed E-state index contributed by atoms with van der Waals surface area (Å²) in [7, 11) is 0. The van der Waals surface area contributed by atoms with E-state index in [1.54, 1.807) is 23.1 Å². The van der Waals surface area contributed by atoms with Gasteiger partial charge in [-0.15, -0.1) is 0 Å². The van der Waals surface area contributed by atoms with Crippen molar-refractivity contribution in [3.8, 4) is 11.5 Å². The second-order valence-corrected chi connectivity index (χ2v) is 9.11. The number of aryl methyl sites for hydroxylation is 1. The van der Waals surface area contributed by atoms with Crippen LogP contribution in [0.25, 0.3) is 6.08 Å². The Hall–Kier alpha value is -2.78. The van der Waals surface area contributed by atoms with Crippen molar-refractivity contribution in [2.45, 2.75) is 27.2 Å². The number of ether oxygens (including phenoxy) is 2. The lowest BCUT2D eigenvalue weighted by molar-refractivity contribution is -0.139. The Balaban J connectivity index is 1.95. The van der Waals surface area contributed by atoms with Crippen LogP contribution in [-0.4, -0.2) is 46.8 Å². The van der Waals surface area contributed by atoms with Crippen LogP contribution in [0.2, 0.25) is 0 Å². The second kappa shape index (κ2) is 11.4. The molecular formula is C24H25BrN2O5S. The number of amides is 1. The molecule has 3 rings (SSSR count). The number of hydrogen-bond acceptors (Lipinski definition) is 6. The van der Waals surface area contributed by atoms with Gasteiger partial charge >= 0.3 is 5.97 Å². The summed E-state index contributed by atoms with van der Waals surface area (Å²) >= 11 is 4.75. The number of carboxylic acid groups (broad SMARTS) is 1. The summed E-state index contributed by atoms with van der Waals surface area (Å²) in [5.74, 6) is -0.483. The molecule has 0 radical (unpaired) electrons. The Morgan fingerprint density at radius 3 is 2.58 bits per heavy atom. The first-order chi connectivity index (χ1) is 15.8. The van der Waals surface area contributed by atoms with Crippen molar-refractivity contribution in [2.75, 3.05) is 19.8 Å². The van der Waals surface area contributed by atoms with Gasteiger partial charge in [-0.1, -0.05) is 24.6 Å². The van der Waals surface area contributed by atoms with Gasteiger partial charge in [-0.25, -0.2) is 9.79 Å². The molecule has 0 spiro atoms. The Morgan fingerprint density at radius 2 is 1.94 bits per heavy atom. The molecule has 33 heavy (non-hydrogen) atoms. The Labute approximate surface area is 205 Å². The molecule has 0 bridgehead atoms. The summed E-state index contributed by atoms with van der Waals surface area (Å²) in [5, 5.41) is 9.57. The minimum Gasteiger partial charge on any atom is -0.490 e. The second-order valence-electron chi connectivity index (χ2n) is 7.24. The van der Waals surface area contributed by atoms with Crippen LogP contribution in [0.15, 0.2) is 50.8 Å². The Morgan fingerprint density at radius 1 is 1.21 bits per heavy atom. The molecule has 0 aliphatic carbocycles. The van der Waals surface area contributed by atoms with E-state index in [1.165, 1.54) is 11.8 Å². The lowest BCUT2D eigenvalue weighted by Gasteiger charge is -2.14. The molecule has 174 valence electrons. The first kappa shape index (κ1) is 24.9. The fourth-order valence-electron chi connectivity index (χ4n) is 3.10. The van der Waals surface area contributed by atoms with Crippen molar-refractivity contribution in [3.63, 3.8) is 0 Å². The number of carbonyl (C=O) groups is 2. The smallest absolute Gasteiger partial charge is 0.341 e. The van der Waals surface area contributed by atoms with E-state index < -0.39 is 12.6 Å². The number of carbonyl (C=O) groups excluding carboxylic acids is 1. The summed E-state index contributed by atoms with van der Waals surface area (Å²) < 4.78 is 11.6. The van der Waals surface area contributed by atoms with Crippen LogP contribution in [-0.2, 0) is 9.59 Å². The molecule has 1 amide bonds. The number of hydrogen-bond donors (Lipinski definition) is 1. The van der Waals surface area contributed by atoms with Crippen LogP contribution in [0.1, 0.15) is 31.4 Å². The van der Waals surface area contributed by atoms with Gasteiger partial charge in [0.2, 0.25) is 0 Å². The Bertz CT molecular complexity index is 1100. The van der Waals surface area contributed by atoms with E-state index in [1.807, 2.05) is 45.0 Å². The molecule has 0 aromatic heterocycles. The highest BCUT2D eigenvalue weighted by Crippen LogP contribution is 2.39. The number of carboxylic acids is 1. The maximum Gasteiger partial charge on any atom is 0.341 e. The summed E-state index contributed by atoms with van der Waals surface area (Å²) in [6.07, 6.45) is 2.59. The summed E-state index contributed by atoms with van der Waals surface area (Å²) in [6, 6.07) is 11.3. The molecule has 7 nitrogen and oxygen atoms in total. The zero-order valence-electron chi connectivity index (χ0n) is 18.6. The summed E-state index contributed by atoms with van der Waals surface area (Å²) in [6.45, 7) is 6.32. The highest BCUT2D eigenvalue weighted by atomic mass is 79.9. The highest BCUT2D eigenvalue weighted by molar-refractivity contribution is 9.10. The van der Waals surface area contributed by atoms with Crippen molar-refractivity contribution in [3.05, 3.63) is 56.9 Å². The van der Waals surface area contributed by atoms with Crippen LogP contribution in [0.4, 0.5) is 5.69 Å². The predicted octanol–water partition coefficient (Wildman–Crippen LogP) is 5.63. The lowest BCUT2D eigenvalue weighted by Crippen LogP contribution is -2.29. The zero-order valence-corrected chi connectivity index (χ0v) is 21.0. The standard InChI is InChI=1S/C24H25BrN2O5S/c1-4-10-27-23(30)20(33-24(27)26-17-8-6-15(3)7-9-17)13-16-11-18(25)22(32-14-21(28)29)19(12-16)31-5-2/h6-9,11-13H,4-5,10,14H2,1-3H3,(H,28,29)/b20-13+,26-24?. The number of aliphatic imine (C=N–C) groups is 1. The quantitative estimate of drug-likeness (QED) is 0.420. The van der Waals surface area contributed by atoms with Crippen LogP contribution in [0.3, 0.4) is 0 Å². The van der Waals surface area contributed by atoms with Gasteiger partial charge < -0.3 is 14.6 Å². The van der Waals surface area contributed by atoms with Crippen molar-refractivity contribution in [1.82, 2.24) is 4.90 Å². The summed E-state index contributed by atoms with van der Waals surface area (Å²) in [4.78, 5) is 31.0. The van der Waals surface area contributed by atoms with Gasteiger partial charge in [0, 0.05) is 6.54 Å². The number of amidine groups is 1. The normalized spacial score (nSPS) is 16.0. The van der Waals surface area contributed by atoms with Crippen molar-refractivity contribution < 1.29 is 24.2 Å². The molecule has 0 atom stereocenters. The first-order valence-corrected chi connectivity index (χ1v) is 12.1. The van der Waals surface area contributed by atoms with Gasteiger partial charge in [-0.3, -0.25) is 9.69 Å². The maximum absolute atomic E-state index is 13.1. The van der Waals surface area contributed by atoms with Gasteiger partial charge in [0.25, 0.3) is 5.91 Å². The fourth-order valence-corrected chi connectivity index (χ4v) is 4.70. The minimum absolute atomic E-state index is 0.104. The number of thioether (sulfide) groups is 1. The first-order valence-electron chi connectivity index (χ1n) is 10.5. The number of benzene rings is 2. The number of nitrogens with zero attached hydrogens (tertiary/aromatic N) is 2. The van der Waals surface area contributed by atoms with E-state index in [2.05, 4.69) is 15.9 Å². The molecular weight excluding hydrogens is 508 g/mol. The average Bonchev–Trinajstić information content (AvgIpc) is 3.04. The zero-order chi connectivity index (χ0) is 24.0. The third kappa shape index (κ3) is 6.39. The van der Waals surface area contributed by atoms with Crippen LogP contribution >= 0.6 is 27.7 Å². The Kier molecular flexibility index (Phi) is 8.57. The number of halogens is 1. The molecule has 0 saturated carbocycles. The SMILES string of the molecule is CCCN1C(=O)/C(=C\c2cc(Br)c(OCC(=O)O)c(OCC)c2)SC1=Nc1ccc(C)cc1. The predicted molar refractivity (Wildman–Crippen MR) is 134 cm³/mol. The monoisotopic (exact) mass is 532 g/mol. The summed E-state index contributed by atoms with van der Waals surface area (Å²) in [5.41, 5.74) is 2.66. The van der Waals surface area contributed by atoms with E-state index >= 15 is 0 Å². The number of aliphatic carboxylic acids is 1. The molecule has 1 heterocycles. The van der Waals surface area contributed by atoms with E-state index in [-0.39, 0.29) is 5.91 Å². The third-order valence-electron chi connectivity index (χ3n) is 4.56. The van der Waals surface area contributed by atoms with Crippen molar-refractivity contribution in [2.24, 2.45) is 4.99 Å². The van der Waals surface area contributed by atoms with E-state index in [4.69, 9.17) is 19.6 Å². The van der Waals surface area contributed by atoms with E-state index in [0.29, 0.717) is 39.2 Å². The van der Waals surface area contributed by atoms with Gasteiger partial charge in [-0.2, -0.15) is 0 Å². The molecule has 1 aliphatic heterocycles. The molecule has 0 unspecified atom stereocenters. The molecule has 1 aliphatic rings. The molecule has 1 fully saturated rings. The van der Waals surface area contributed by atoms with Crippen LogP contribution < -0.4 is 9.47 Å². The van der Waals surface area contributed by atoms with Crippen molar-refractivity contribution >= 4 is 56.5 Å². The van der Waals surface area contributed by atoms with Gasteiger partial charge in [0.1, 0.15) is 0 Å². The van der Waals surface area contributed by atoms with Crippen LogP contribution in [0, 0.1) is 6.92 Å². The molecule has 9 heteroatoms. The molecule has 1 N–H and O–H groups in total. The third-order valence-corrected chi connectivity index (χ3v) is 6.16. The van der Waals surface area contributed by atoms with Gasteiger partial charge in [0.15, 0.2) is 23.3 Å². The van der Waals surface area contributed by atoms with E-state index in [9.17, 15) is 9.59 Å². The van der Waals surface area contributed by atoms with Crippen LogP contribution in [0.5, 0.6) is 11.5 Å². The average molecular weight is 533 g/mol. The fraction of sp³-hybridized carbons (Fsp3) is 0.292. The largest absolute Gasteiger partial charge is 0.490 e. The maximum atomic E-state index is 13.1. The van der Waals surface area contributed by atoms with Gasteiger partial charge in [0.05, 0.1) is 21.7 Å². The molecule has 2 aromatic rings. The molecule has 1 saturated heterocycles. The number of rotatable bonds is 9. The lowest BCUT2D eigenvalue weighted by atomic mass is 10.2. The van der Waals surface area contributed by atoms with Crippen molar-refractivity contribution in [1.29, 1.82) is 0 Å².